The molecule has 0 aliphatic rings. The summed E-state index contributed by atoms with van der Waals surface area (Å²) in [6.45, 7) is 5.88. The van der Waals surface area contributed by atoms with Gasteiger partial charge in [0.25, 0.3) is 0 Å². The maximum Gasteiger partial charge on any atom is 0.223 e. The summed E-state index contributed by atoms with van der Waals surface area (Å²) < 4.78 is 0. The van der Waals surface area contributed by atoms with Crippen LogP contribution in [0.1, 0.15) is 39.1 Å². The summed E-state index contributed by atoms with van der Waals surface area (Å²) in [5.41, 5.74) is 2.05. The van der Waals surface area contributed by atoms with Crippen LogP contribution in [-0.2, 0) is 4.79 Å². The number of carbonyl (C=O) groups is 1. The molecule has 1 amide bonds. The Kier molecular flexibility index (Phi) is 4.56. The first-order valence-corrected chi connectivity index (χ1v) is 7.02. The van der Waals surface area contributed by atoms with Crippen molar-refractivity contribution < 1.29 is 4.79 Å². The molecule has 1 heterocycles. The van der Waals surface area contributed by atoms with Gasteiger partial charge in [-0.05, 0) is 18.9 Å². The molecule has 1 aromatic heterocycles. The number of rotatable bonds is 5. The van der Waals surface area contributed by atoms with Crippen LogP contribution in [0.5, 0.6) is 0 Å². The molecule has 0 unspecified atom stereocenters. The molecule has 106 valence electrons. The van der Waals surface area contributed by atoms with E-state index < -0.39 is 0 Å². The van der Waals surface area contributed by atoms with Gasteiger partial charge in [-0.2, -0.15) is 0 Å². The molecule has 2 N–H and O–H groups in total. The van der Waals surface area contributed by atoms with Gasteiger partial charge in [-0.25, -0.2) is 4.98 Å². The second-order valence-electron chi connectivity index (χ2n) is 5.09. The highest BCUT2D eigenvalue weighted by atomic mass is 16.1. The highest BCUT2D eigenvalue weighted by molar-refractivity contribution is 5.78. The van der Waals surface area contributed by atoms with E-state index in [1.54, 1.807) is 6.20 Å². The van der Waals surface area contributed by atoms with E-state index >= 15 is 0 Å². The number of hydrogen-bond acceptors (Lipinski definition) is 2. The van der Waals surface area contributed by atoms with Gasteiger partial charge in [-0.3, -0.25) is 4.79 Å². The van der Waals surface area contributed by atoms with Crippen LogP contribution in [0.25, 0.3) is 11.3 Å². The fraction of sp³-hybridized carbons (Fsp3) is 0.375. The van der Waals surface area contributed by atoms with Gasteiger partial charge in [0.1, 0.15) is 5.82 Å². The fourth-order valence-corrected chi connectivity index (χ4v) is 1.93. The first-order chi connectivity index (χ1) is 9.61. The van der Waals surface area contributed by atoms with Gasteiger partial charge in [0.05, 0.1) is 17.9 Å². The Balaban J connectivity index is 2.07. The summed E-state index contributed by atoms with van der Waals surface area (Å²) in [6, 6.07) is 9.90. The Bertz CT molecular complexity index is 562. The van der Waals surface area contributed by atoms with Crippen LogP contribution in [0.15, 0.2) is 36.5 Å². The van der Waals surface area contributed by atoms with Crippen molar-refractivity contribution in [2.45, 2.75) is 33.2 Å². The molecule has 2 atom stereocenters. The van der Waals surface area contributed by atoms with Crippen molar-refractivity contribution in [3.05, 3.63) is 42.4 Å². The fourth-order valence-electron chi connectivity index (χ4n) is 1.93. The SMILES string of the molecule is CC[C@H](C)C(=O)N[C@@H](C)c1ncc(-c2ccccc2)[nH]1. The average Bonchev–Trinajstić information content (AvgIpc) is 2.97. The molecular weight excluding hydrogens is 250 g/mol. The van der Waals surface area contributed by atoms with Crippen molar-refractivity contribution in [3.8, 4) is 11.3 Å². The van der Waals surface area contributed by atoms with Crippen LogP contribution in [0, 0.1) is 5.92 Å². The van der Waals surface area contributed by atoms with E-state index in [-0.39, 0.29) is 17.9 Å². The largest absolute Gasteiger partial charge is 0.346 e. The van der Waals surface area contributed by atoms with Crippen LogP contribution in [0.3, 0.4) is 0 Å². The summed E-state index contributed by atoms with van der Waals surface area (Å²) in [5, 5.41) is 2.98. The molecule has 0 fully saturated rings. The molecule has 0 radical (unpaired) electrons. The van der Waals surface area contributed by atoms with Gasteiger partial charge in [0.2, 0.25) is 5.91 Å². The Morgan fingerprint density at radius 2 is 2.00 bits per heavy atom. The number of benzene rings is 1. The Labute approximate surface area is 119 Å². The van der Waals surface area contributed by atoms with Crippen LogP contribution in [-0.4, -0.2) is 15.9 Å². The molecule has 0 bridgehead atoms. The summed E-state index contributed by atoms with van der Waals surface area (Å²) in [7, 11) is 0. The normalized spacial score (nSPS) is 13.8. The highest BCUT2D eigenvalue weighted by Crippen LogP contribution is 2.19. The van der Waals surface area contributed by atoms with Gasteiger partial charge in [0, 0.05) is 5.92 Å². The highest BCUT2D eigenvalue weighted by Gasteiger charge is 2.16. The molecule has 2 aromatic rings. The third-order valence-electron chi connectivity index (χ3n) is 3.51. The minimum atomic E-state index is -0.117. The van der Waals surface area contributed by atoms with Crippen LogP contribution in [0.2, 0.25) is 0 Å². The number of hydrogen-bond donors (Lipinski definition) is 2. The zero-order valence-corrected chi connectivity index (χ0v) is 12.2. The Morgan fingerprint density at radius 1 is 1.30 bits per heavy atom. The van der Waals surface area contributed by atoms with Crippen molar-refractivity contribution in [3.63, 3.8) is 0 Å². The summed E-state index contributed by atoms with van der Waals surface area (Å²) in [6.07, 6.45) is 2.64. The summed E-state index contributed by atoms with van der Waals surface area (Å²) in [4.78, 5) is 19.5. The average molecular weight is 271 g/mol. The van der Waals surface area contributed by atoms with Crippen molar-refractivity contribution in [1.29, 1.82) is 0 Å². The Morgan fingerprint density at radius 3 is 2.65 bits per heavy atom. The molecule has 4 nitrogen and oxygen atoms in total. The smallest absolute Gasteiger partial charge is 0.223 e. The monoisotopic (exact) mass is 271 g/mol. The topological polar surface area (TPSA) is 57.8 Å². The zero-order valence-electron chi connectivity index (χ0n) is 12.2. The van der Waals surface area contributed by atoms with E-state index in [0.717, 1.165) is 23.5 Å². The zero-order chi connectivity index (χ0) is 14.5. The number of carbonyl (C=O) groups excluding carboxylic acids is 1. The molecule has 1 aromatic carbocycles. The quantitative estimate of drug-likeness (QED) is 0.876. The maximum absolute atomic E-state index is 11.9. The number of aromatic amines is 1. The lowest BCUT2D eigenvalue weighted by molar-refractivity contribution is -0.125. The van der Waals surface area contributed by atoms with E-state index in [1.165, 1.54) is 0 Å². The molecule has 2 rings (SSSR count). The van der Waals surface area contributed by atoms with Crippen molar-refractivity contribution in [2.24, 2.45) is 5.92 Å². The summed E-state index contributed by atoms with van der Waals surface area (Å²) in [5.74, 6) is 0.874. The van der Waals surface area contributed by atoms with E-state index in [2.05, 4.69) is 15.3 Å². The van der Waals surface area contributed by atoms with Crippen LogP contribution < -0.4 is 5.32 Å². The predicted octanol–water partition coefficient (Wildman–Crippen LogP) is 3.30. The van der Waals surface area contributed by atoms with Gasteiger partial charge < -0.3 is 10.3 Å². The van der Waals surface area contributed by atoms with Crippen molar-refractivity contribution in [1.82, 2.24) is 15.3 Å². The molecule has 0 aliphatic carbocycles. The lowest BCUT2D eigenvalue weighted by Crippen LogP contribution is -2.31. The van der Waals surface area contributed by atoms with Crippen molar-refractivity contribution in [2.75, 3.05) is 0 Å². The second kappa shape index (κ2) is 6.37. The van der Waals surface area contributed by atoms with Gasteiger partial charge in [0.15, 0.2) is 0 Å². The van der Waals surface area contributed by atoms with E-state index in [9.17, 15) is 4.79 Å². The van der Waals surface area contributed by atoms with E-state index in [0.29, 0.717) is 0 Å². The molecule has 0 spiro atoms. The summed E-state index contributed by atoms with van der Waals surface area (Å²) >= 11 is 0. The molecular formula is C16H21N3O. The lowest BCUT2D eigenvalue weighted by Gasteiger charge is -2.14. The molecule has 4 heteroatoms. The Hall–Kier alpha value is -2.10. The first kappa shape index (κ1) is 14.3. The molecule has 0 saturated heterocycles. The minimum absolute atomic E-state index is 0.0287. The number of imidazole rings is 1. The maximum atomic E-state index is 11.9. The number of nitrogens with zero attached hydrogens (tertiary/aromatic N) is 1. The lowest BCUT2D eigenvalue weighted by atomic mass is 10.1. The standard InChI is InChI=1S/C16H21N3O/c1-4-11(2)16(20)18-12(3)15-17-10-14(19-15)13-8-6-5-7-9-13/h5-12H,4H2,1-3H3,(H,17,19)(H,18,20)/t11-,12-/m0/s1. The number of H-pyrrole nitrogens is 1. The van der Waals surface area contributed by atoms with Crippen molar-refractivity contribution >= 4 is 5.91 Å². The minimum Gasteiger partial charge on any atom is -0.346 e. The molecule has 0 saturated carbocycles. The van der Waals surface area contributed by atoms with Gasteiger partial charge >= 0.3 is 0 Å². The molecule has 20 heavy (non-hydrogen) atoms. The first-order valence-electron chi connectivity index (χ1n) is 7.02. The predicted molar refractivity (Wildman–Crippen MR) is 80.0 cm³/mol. The molecule has 0 aliphatic heterocycles. The van der Waals surface area contributed by atoms with E-state index in [4.69, 9.17) is 0 Å². The number of amides is 1. The van der Waals surface area contributed by atoms with Gasteiger partial charge in [-0.15, -0.1) is 0 Å². The third-order valence-corrected chi connectivity index (χ3v) is 3.51. The number of aromatic nitrogens is 2. The van der Waals surface area contributed by atoms with E-state index in [1.807, 2.05) is 51.1 Å². The van der Waals surface area contributed by atoms with Crippen LogP contribution in [0.4, 0.5) is 0 Å². The second-order valence-corrected chi connectivity index (χ2v) is 5.09. The van der Waals surface area contributed by atoms with Gasteiger partial charge in [-0.1, -0.05) is 44.2 Å². The van der Waals surface area contributed by atoms with Crippen LogP contribution >= 0.6 is 0 Å². The number of nitrogens with one attached hydrogen (secondary N) is 2. The third kappa shape index (κ3) is 3.26.